The van der Waals surface area contributed by atoms with Crippen LogP contribution in [0.4, 0.5) is 18.9 Å². The number of hydrogen-bond acceptors (Lipinski definition) is 3. The van der Waals surface area contributed by atoms with Gasteiger partial charge in [-0.15, -0.1) is 0 Å². The van der Waals surface area contributed by atoms with Crippen molar-refractivity contribution in [1.82, 2.24) is 0 Å². The van der Waals surface area contributed by atoms with Gasteiger partial charge in [0, 0.05) is 16.7 Å². The molecule has 0 spiro atoms. The van der Waals surface area contributed by atoms with Crippen molar-refractivity contribution in [2.75, 3.05) is 23.4 Å². The molecule has 3 nitrogen and oxygen atoms in total. The van der Waals surface area contributed by atoms with Crippen LogP contribution in [0.3, 0.4) is 0 Å². The zero-order chi connectivity index (χ0) is 15.0. The molecular formula is C12H13BrF3NO2S. The second-order valence-electron chi connectivity index (χ2n) is 4.84. The maximum Gasteiger partial charge on any atom is 0.418 e. The molecule has 1 aliphatic heterocycles. The Balaban J connectivity index is 2.10. The van der Waals surface area contributed by atoms with Crippen LogP contribution in [0.1, 0.15) is 12.0 Å². The first-order valence-electron chi connectivity index (χ1n) is 5.98. The highest BCUT2D eigenvalue weighted by atomic mass is 79.9. The highest BCUT2D eigenvalue weighted by Crippen LogP contribution is 2.36. The van der Waals surface area contributed by atoms with E-state index in [0.29, 0.717) is 10.9 Å². The minimum Gasteiger partial charge on any atom is -0.384 e. The summed E-state index contributed by atoms with van der Waals surface area (Å²) < 4.78 is 61.7. The molecule has 1 saturated heterocycles. The fourth-order valence-corrected chi connectivity index (χ4v) is 4.42. The molecule has 1 aromatic carbocycles. The third-order valence-corrected chi connectivity index (χ3v) is 5.53. The van der Waals surface area contributed by atoms with Crippen LogP contribution in [-0.2, 0) is 16.0 Å². The van der Waals surface area contributed by atoms with E-state index in [1.165, 1.54) is 12.1 Å². The molecule has 8 heteroatoms. The molecule has 1 aliphatic rings. The van der Waals surface area contributed by atoms with Crippen molar-refractivity contribution in [3.05, 3.63) is 28.2 Å². The van der Waals surface area contributed by atoms with E-state index in [0.717, 1.165) is 6.07 Å². The number of benzene rings is 1. The second kappa shape index (κ2) is 5.55. The predicted molar refractivity (Wildman–Crippen MR) is 74.4 cm³/mol. The molecule has 20 heavy (non-hydrogen) atoms. The van der Waals surface area contributed by atoms with E-state index < -0.39 is 21.6 Å². The van der Waals surface area contributed by atoms with Crippen molar-refractivity contribution < 1.29 is 21.6 Å². The van der Waals surface area contributed by atoms with E-state index in [1.807, 2.05) is 0 Å². The van der Waals surface area contributed by atoms with Crippen LogP contribution in [0, 0.1) is 5.92 Å². The molecule has 112 valence electrons. The summed E-state index contributed by atoms with van der Waals surface area (Å²) in [6.45, 7) is 0.226. The lowest BCUT2D eigenvalue weighted by atomic mass is 10.1. The zero-order valence-electron chi connectivity index (χ0n) is 10.4. The Hall–Kier alpha value is -0.760. The van der Waals surface area contributed by atoms with Crippen molar-refractivity contribution in [2.45, 2.75) is 12.6 Å². The largest absolute Gasteiger partial charge is 0.418 e. The molecular weight excluding hydrogens is 359 g/mol. The van der Waals surface area contributed by atoms with Crippen molar-refractivity contribution >= 4 is 31.5 Å². The van der Waals surface area contributed by atoms with E-state index in [9.17, 15) is 21.6 Å². The van der Waals surface area contributed by atoms with Crippen LogP contribution in [0.15, 0.2) is 22.7 Å². The lowest BCUT2D eigenvalue weighted by Gasteiger charge is -2.16. The molecule has 1 heterocycles. The first-order chi connectivity index (χ1) is 9.17. The SMILES string of the molecule is O=S1(=O)CCC(CNc2ccc(Br)cc2C(F)(F)F)C1. The summed E-state index contributed by atoms with van der Waals surface area (Å²) in [5.74, 6) is 0.0219. The lowest BCUT2D eigenvalue weighted by molar-refractivity contribution is -0.137. The lowest BCUT2D eigenvalue weighted by Crippen LogP contribution is -2.18. The van der Waals surface area contributed by atoms with Gasteiger partial charge in [-0.2, -0.15) is 13.2 Å². The molecule has 1 fully saturated rings. The average Bonchev–Trinajstić information content (AvgIpc) is 2.66. The molecule has 0 radical (unpaired) electrons. The van der Waals surface area contributed by atoms with Crippen molar-refractivity contribution in [1.29, 1.82) is 0 Å². The van der Waals surface area contributed by atoms with Crippen LogP contribution in [0.5, 0.6) is 0 Å². The third kappa shape index (κ3) is 3.88. The number of sulfone groups is 1. The molecule has 0 aliphatic carbocycles. The van der Waals surface area contributed by atoms with Crippen LogP contribution < -0.4 is 5.32 Å². The molecule has 1 aromatic rings. The summed E-state index contributed by atoms with van der Waals surface area (Å²) in [5, 5.41) is 2.72. The van der Waals surface area contributed by atoms with Gasteiger partial charge in [-0.3, -0.25) is 0 Å². The maximum atomic E-state index is 12.9. The number of hydrogen-bond donors (Lipinski definition) is 1. The van der Waals surface area contributed by atoms with Crippen molar-refractivity contribution in [3.63, 3.8) is 0 Å². The summed E-state index contributed by atoms with van der Waals surface area (Å²) in [5.41, 5.74) is -0.780. The van der Waals surface area contributed by atoms with Gasteiger partial charge in [0.25, 0.3) is 0 Å². The Morgan fingerprint density at radius 1 is 1.35 bits per heavy atom. The summed E-state index contributed by atoms with van der Waals surface area (Å²) in [6, 6.07) is 3.87. The molecule has 0 bridgehead atoms. The molecule has 0 aromatic heterocycles. The average molecular weight is 372 g/mol. The normalized spacial score (nSPS) is 21.9. The van der Waals surface area contributed by atoms with E-state index in [4.69, 9.17) is 0 Å². The fraction of sp³-hybridized carbons (Fsp3) is 0.500. The molecule has 1 N–H and O–H groups in total. The molecule has 1 unspecified atom stereocenters. The van der Waals surface area contributed by atoms with E-state index in [-0.39, 0.29) is 29.7 Å². The number of alkyl halides is 3. The van der Waals surface area contributed by atoms with Gasteiger partial charge < -0.3 is 5.32 Å². The Morgan fingerprint density at radius 2 is 2.05 bits per heavy atom. The van der Waals surface area contributed by atoms with Crippen LogP contribution >= 0.6 is 15.9 Å². The van der Waals surface area contributed by atoms with Crippen LogP contribution in [0.2, 0.25) is 0 Å². The standard InChI is InChI=1S/C12H13BrF3NO2S/c13-9-1-2-11(10(5-9)12(14,15)16)17-6-8-3-4-20(18,19)7-8/h1-2,5,8,17H,3-4,6-7H2. The Morgan fingerprint density at radius 3 is 2.60 bits per heavy atom. The number of nitrogens with one attached hydrogen (secondary N) is 1. The van der Waals surface area contributed by atoms with Gasteiger partial charge in [-0.1, -0.05) is 15.9 Å². The van der Waals surface area contributed by atoms with Gasteiger partial charge >= 0.3 is 6.18 Å². The number of anilines is 1. The third-order valence-electron chi connectivity index (χ3n) is 3.19. The van der Waals surface area contributed by atoms with Crippen molar-refractivity contribution in [3.8, 4) is 0 Å². The Bertz CT molecular complexity index is 601. The highest BCUT2D eigenvalue weighted by molar-refractivity contribution is 9.10. The quantitative estimate of drug-likeness (QED) is 0.886. The van der Waals surface area contributed by atoms with Gasteiger partial charge in [0.1, 0.15) is 0 Å². The van der Waals surface area contributed by atoms with Gasteiger partial charge in [0.15, 0.2) is 9.84 Å². The summed E-state index contributed by atoms with van der Waals surface area (Å²) in [4.78, 5) is 0. The monoisotopic (exact) mass is 371 g/mol. The topological polar surface area (TPSA) is 46.2 Å². The summed E-state index contributed by atoms with van der Waals surface area (Å²) in [7, 11) is -3.01. The second-order valence-corrected chi connectivity index (χ2v) is 7.98. The first kappa shape index (κ1) is 15.6. The Labute approximate surface area is 123 Å². The summed E-state index contributed by atoms with van der Waals surface area (Å²) >= 11 is 3.01. The van der Waals surface area contributed by atoms with E-state index >= 15 is 0 Å². The predicted octanol–water partition coefficient (Wildman–Crippen LogP) is 3.31. The van der Waals surface area contributed by atoms with Crippen LogP contribution in [-0.4, -0.2) is 26.5 Å². The molecule has 0 amide bonds. The molecule has 2 rings (SSSR count). The molecule has 0 saturated carbocycles. The first-order valence-corrected chi connectivity index (χ1v) is 8.60. The minimum absolute atomic E-state index is 0.0232. The van der Waals surface area contributed by atoms with Crippen molar-refractivity contribution in [2.24, 2.45) is 5.92 Å². The van der Waals surface area contributed by atoms with E-state index in [1.54, 1.807) is 0 Å². The van der Waals surface area contributed by atoms with E-state index in [2.05, 4.69) is 21.2 Å². The fourth-order valence-electron chi connectivity index (χ4n) is 2.19. The number of rotatable bonds is 3. The highest BCUT2D eigenvalue weighted by Gasteiger charge is 2.34. The van der Waals surface area contributed by atoms with Gasteiger partial charge in [0.2, 0.25) is 0 Å². The maximum absolute atomic E-state index is 12.9. The zero-order valence-corrected chi connectivity index (χ0v) is 12.8. The summed E-state index contributed by atoms with van der Waals surface area (Å²) in [6.07, 6.45) is -3.96. The number of halogens is 4. The van der Waals surface area contributed by atoms with Gasteiger partial charge in [-0.05, 0) is 30.5 Å². The van der Waals surface area contributed by atoms with Gasteiger partial charge in [-0.25, -0.2) is 8.42 Å². The molecule has 1 atom stereocenters. The van der Waals surface area contributed by atoms with Crippen LogP contribution in [0.25, 0.3) is 0 Å². The minimum atomic E-state index is -4.45. The smallest absolute Gasteiger partial charge is 0.384 e. The Kier molecular flexibility index (Phi) is 4.34. The van der Waals surface area contributed by atoms with Gasteiger partial charge in [0.05, 0.1) is 17.1 Å².